The van der Waals surface area contributed by atoms with Crippen LogP contribution in [0.25, 0.3) is 0 Å². The van der Waals surface area contributed by atoms with Crippen LogP contribution in [0.1, 0.15) is 5.56 Å². The van der Waals surface area contributed by atoms with Gasteiger partial charge in [-0.15, -0.1) is 0 Å². The van der Waals surface area contributed by atoms with Crippen molar-refractivity contribution in [3.8, 4) is 11.5 Å². The lowest BCUT2D eigenvalue weighted by atomic mass is 9.84. The first-order valence-corrected chi connectivity index (χ1v) is 10.1. The van der Waals surface area contributed by atoms with Crippen LogP contribution in [0.4, 0.5) is 9.18 Å². The number of nitrogens with one attached hydrogen (secondary N) is 2. The number of halogens is 1. The minimum Gasteiger partial charge on any atom is -0.457 e. The van der Waals surface area contributed by atoms with Crippen molar-refractivity contribution in [1.82, 2.24) is 20.4 Å². The van der Waals surface area contributed by atoms with Gasteiger partial charge < -0.3 is 4.74 Å². The molecule has 0 saturated carbocycles. The lowest BCUT2D eigenvalue weighted by molar-refractivity contribution is -0.150. The average molecular weight is 425 g/mol. The SMILES string of the molecule is O=C1NC(=O)C(c2ccc(Oc3ccccc3)cc2)(N2CCN(CC[18F])CC2)C(=O)N1. The van der Waals surface area contributed by atoms with Crippen LogP contribution in [0.5, 0.6) is 11.5 Å². The summed E-state index contributed by atoms with van der Waals surface area (Å²) in [7, 11) is 0. The Kier molecular flexibility index (Phi) is 5.97. The molecule has 2 aliphatic rings. The van der Waals surface area contributed by atoms with Gasteiger partial charge in [0.1, 0.15) is 18.2 Å². The van der Waals surface area contributed by atoms with E-state index in [0.29, 0.717) is 49.8 Å². The molecule has 4 rings (SSSR count). The topological polar surface area (TPSA) is 91.0 Å². The zero-order chi connectivity index (χ0) is 21.8. The zero-order valence-corrected chi connectivity index (χ0v) is 16.8. The van der Waals surface area contributed by atoms with Crippen LogP contribution in [-0.2, 0) is 15.1 Å². The highest BCUT2D eigenvalue weighted by Crippen LogP contribution is 2.34. The number of benzene rings is 2. The lowest BCUT2D eigenvalue weighted by Crippen LogP contribution is -2.72. The molecule has 0 aliphatic carbocycles. The predicted octanol–water partition coefficient (Wildman–Crippen LogP) is 1.63. The van der Waals surface area contributed by atoms with Crippen molar-refractivity contribution in [3.63, 3.8) is 0 Å². The van der Waals surface area contributed by atoms with Crippen LogP contribution in [0.3, 0.4) is 0 Å². The molecular weight excluding hydrogens is 402 g/mol. The maximum atomic E-state index is 13.1. The van der Waals surface area contributed by atoms with E-state index in [4.69, 9.17) is 4.74 Å². The van der Waals surface area contributed by atoms with Crippen molar-refractivity contribution < 1.29 is 23.5 Å². The monoisotopic (exact) mass is 425 g/mol. The first-order valence-electron chi connectivity index (χ1n) is 10.1. The van der Waals surface area contributed by atoms with E-state index in [1.54, 1.807) is 29.2 Å². The molecule has 2 aliphatic heterocycles. The van der Waals surface area contributed by atoms with Gasteiger partial charge in [-0.2, -0.15) is 0 Å². The molecule has 0 unspecified atom stereocenters. The van der Waals surface area contributed by atoms with Gasteiger partial charge in [-0.25, -0.2) is 9.18 Å². The number of ether oxygens (including phenoxy) is 1. The first kappa shape index (κ1) is 21.0. The number of amides is 4. The Balaban J connectivity index is 1.64. The van der Waals surface area contributed by atoms with Crippen molar-refractivity contribution in [2.24, 2.45) is 0 Å². The van der Waals surface area contributed by atoms with E-state index in [1.807, 2.05) is 35.2 Å². The number of hydrogen-bond acceptors (Lipinski definition) is 6. The third kappa shape index (κ3) is 4.01. The van der Waals surface area contributed by atoms with E-state index in [2.05, 4.69) is 10.6 Å². The van der Waals surface area contributed by atoms with Gasteiger partial charge in [-0.3, -0.25) is 30.0 Å². The van der Waals surface area contributed by atoms with E-state index in [9.17, 15) is 18.8 Å². The summed E-state index contributed by atoms with van der Waals surface area (Å²) in [6.07, 6.45) is 0. The van der Waals surface area contributed by atoms with Gasteiger partial charge in [0.05, 0.1) is 0 Å². The van der Waals surface area contributed by atoms with Gasteiger partial charge in [0.15, 0.2) is 0 Å². The Morgan fingerprint density at radius 3 is 2.00 bits per heavy atom. The number of carbonyl (C=O) groups excluding carboxylic acids is 3. The number of para-hydroxylation sites is 1. The van der Waals surface area contributed by atoms with Crippen molar-refractivity contribution in [2.45, 2.75) is 5.54 Å². The molecule has 2 aromatic carbocycles. The Morgan fingerprint density at radius 2 is 1.42 bits per heavy atom. The van der Waals surface area contributed by atoms with Gasteiger partial charge in [0, 0.05) is 32.7 Å². The fourth-order valence-electron chi connectivity index (χ4n) is 4.07. The molecule has 4 amide bonds. The molecular formula is C22H23FN4O4. The second-order valence-corrected chi connectivity index (χ2v) is 7.40. The summed E-state index contributed by atoms with van der Waals surface area (Å²) in [4.78, 5) is 41.6. The van der Waals surface area contributed by atoms with Crippen molar-refractivity contribution in [3.05, 3.63) is 60.2 Å². The highest BCUT2D eigenvalue weighted by atomic mass is 18.2. The van der Waals surface area contributed by atoms with Crippen LogP contribution in [0, 0.1) is 0 Å². The van der Waals surface area contributed by atoms with Gasteiger partial charge >= 0.3 is 6.03 Å². The normalized spacial score (nSPS) is 19.6. The Labute approximate surface area is 179 Å². The quantitative estimate of drug-likeness (QED) is 0.684. The number of piperazine rings is 1. The summed E-state index contributed by atoms with van der Waals surface area (Å²) in [5, 5.41) is 4.46. The van der Waals surface area contributed by atoms with Crippen LogP contribution in [0.15, 0.2) is 54.6 Å². The molecule has 0 aromatic heterocycles. The van der Waals surface area contributed by atoms with Crippen LogP contribution >= 0.6 is 0 Å². The number of rotatable bonds is 6. The molecule has 2 saturated heterocycles. The maximum absolute atomic E-state index is 13.1. The van der Waals surface area contributed by atoms with E-state index in [1.165, 1.54) is 0 Å². The van der Waals surface area contributed by atoms with E-state index < -0.39 is 30.1 Å². The molecule has 0 bridgehead atoms. The second-order valence-electron chi connectivity index (χ2n) is 7.40. The Morgan fingerprint density at radius 1 is 0.839 bits per heavy atom. The number of barbiturate groups is 1. The molecule has 2 N–H and O–H groups in total. The standard InChI is InChI=1S/C22H23FN4O4/c23-10-11-26-12-14-27(15-13-26)22(19(28)24-21(30)25-20(22)29)16-6-8-18(9-7-16)31-17-4-2-1-3-5-17/h1-9H,10-15H2,(H2,24,25,28,29,30)/i23-1. The van der Waals surface area contributed by atoms with E-state index in [0.717, 1.165) is 0 Å². The Bertz CT molecular complexity index is 939. The van der Waals surface area contributed by atoms with Gasteiger partial charge in [0.25, 0.3) is 11.8 Å². The first-order chi connectivity index (χ1) is 15.0. The van der Waals surface area contributed by atoms with E-state index in [-0.39, 0.29) is 0 Å². The summed E-state index contributed by atoms with van der Waals surface area (Å²) < 4.78 is 18.5. The molecule has 2 aromatic rings. The largest absolute Gasteiger partial charge is 0.457 e. The predicted molar refractivity (Wildman–Crippen MR) is 110 cm³/mol. The number of nitrogens with zero attached hydrogens (tertiary/aromatic N) is 2. The van der Waals surface area contributed by atoms with Gasteiger partial charge in [-0.1, -0.05) is 30.3 Å². The number of imide groups is 2. The summed E-state index contributed by atoms with van der Waals surface area (Å²) in [6.45, 7) is 1.62. The number of hydrogen-bond donors (Lipinski definition) is 2. The zero-order valence-electron chi connectivity index (χ0n) is 16.8. The average Bonchev–Trinajstić information content (AvgIpc) is 2.76. The molecule has 9 heteroatoms. The fourth-order valence-corrected chi connectivity index (χ4v) is 4.07. The molecule has 2 fully saturated rings. The van der Waals surface area contributed by atoms with Crippen LogP contribution < -0.4 is 15.4 Å². The smallest absolute Gasteiger partial charge is 0.328 e. The third-order valence-corrected chi connectivity index (χ3v) is 5.61. The molecule has 0 radical (unpaired) electrons. The molecule has 0 spiro atoms. The fraction of sp³-hybridized carbons (Fsp3) is 0.318. The number of urea groups is 1. The van der Waals surface area contributed by atoms with Gasteiger partial charge in [-0.05, 0) is 29.8 Å². The summed E-state index contributed by atoms with van der Waals surface area (Å²) >= 11 is 0. The number of carbonyl (C=O) groups is 3. The highest BCUT2D eigenvalue weighted by Gasteiger charge is 2.56. The molecule has 162 valence electrons. The minimum absolute atomic E-state index is 0.309. The summed E-state index contributed by atoms with van der Waals surface area (Å²) in [6, 6.07) is 15.1. The van der Waals surface area contributed by atoms with Crippen LogP contribution in [-0.4, -0.2) is 67.0 Å². The van der Waals surface area contributed by atoms with E-state index >= 15 is 0 Å². The third-order valence-electron chi connectivity index (χ3n) is 5.61. The van der Waals surface area contributed by atoms with Crippen molar-refractivity contribution in [1.29, 1.82) is 0 Å². The summed E-state index contributed by atoms with van der Waals surface area (Å²) in [5.41, 5.74) is -1.27. The molecule has 0 atom stereocenters. The van der Waals surface area contributed by atoms with Crippen molar-refractivity contribution in [2.75, 3.05) is 39.4 Å². The highest BCUT2D eigenvalue weighted by molar-refractivity contribution is 6.22. The summed E-state index contributed by atoms with van der Waals surface area (Å²) in [5.74, 6) is -0.188. The maximum Gasteiger partial charge on any atom is 0.328 e. The van der Waals surface area contributed by atoms with Crippen LogP contribution in [0.2, 0.25) is 0 Å². The van der Waals surface area contributed by atoms with Crippen molar-refractivity contribution >= 4 is 17.8 Å². The second kappa shape index (κ2) is 8.83. The number of alkyl halides is 1. The lowest BCUT2D eigenvalue weighted by Gasteiger charge is -2.46. The Hall–Kier alpha value is -3.30. The molecule has 31 heavy (non-hydrogen) atoms. The minimum atomic E-state index is -1.69. The van der Waals surface area contributed by atoms with Gasteiger partial charge in [0.2, 0.25) is 5.54 Å². The molecule has 8 nitrogen and oxygen atoms in total. The molecule has 2 heterocycles.